The highest BCUT2D eigenvalue weighted by Crippen LogP contribution is 2.32. The SMILES string of the molecule is COc1ccccc1CCC(=O)N1CCOCCOc2ccccc2Oc2ncccc2C1. The van der Waals surface area contributed by atoms with Crippen molar-refractivity contribution in [2.24, 2.45) is 0 Å². The van der Waals surface area contributed by atoms with E-state index in [1.165, 1.54) is 0 Å². The number of hydrogen-bond donors (Lipinski definition) is 0. The Kier molecular flexibility index (Phi) is 7.76. The molecular formula is C26H28N2O5. The van der Waals surface area contributed by atoms with E-state index in [1.807, 2.05) is 60.7 Å². The lowest BCUT2D eigenvalue weighted by Crippen LogP contribution is -2.34. The molecule has 1 amide bonds. The number of fused-ring (bicyclic) bond motifs is 2. The number of carbonyl (C=O) groups is 1. The average molecular weight is 449 g/mol. The van der Waals surface area contributed by atoms with Crippen LogP contribution in [0.15, 0.2) is 66.9 Å². The number of benzene rings is 2. The van der Waals surface area contributed by atoms with Gasteiger partial charge in [0.1, 0.15) is 12.4 Å². The molecule has 0 N–H and O–H groups in total. The fraction of sp³-hybridized carbons (Fsp3) is 0.308. The summed E-state index contributed by atoms with van der Waals surface area (Å²) in [7, 11) is 1.64. The van der Waals surface area contributed by atoms with Crippen molar-refractivity contribution >= 4 is 5.91 Å². The molecule has 2 heterocycles. The number of pyridine rings is 1. The second-order valence-electron chi connectivity index (χ2n) is 7.60. The van der Waals surface area contributed by atoms with Gasteiger partial charge in [0.25, 0.3) is 0 Å². The van der Waals surface area contributed by atoms with E-state index in [4.69, 9.17) is 18.9 Å². The number of rotatable bonds is 4. The number of para-hydroxylation sites is 3. The molecule has 0 bridgehead atoms. The molecule has 1 aliphatic heterocycles. The maximum atomic E-state index is 13.2. The molecule has 33 heavy (non-hydrogen) atoms. The summed E-state index contributed by atoms with van der Waals surface area (Å²) in [4.78, 5) is 19.4. The minimum atomic E-state index is 0.0332. The van der Waals surface area contributed by atoms with E-state index >= 15 is 0 Å². The van der Waals surface area contributed by atoms with Crippen LogP contribution in [0.2, 0.25) is 0 Å². The van der Waals surface area contributed by atoms with Crippen LogP contribution in [-0.4, -0.2) is 49.3 Å². The van der Waals surface area contributed by atoms with Gasteiger partial charge in [-0.2, -0.15) is 0 Å². The van der Waals surface area contributed by atoms with Crippen LogP contribution in [-0.2, 0) is 22.5 Å². The van der Waals surface area contributed by atoms with Crippen molar-refractivity contribution in [3.63, 3.8) is 0 Å². The molecule has 3 aromatic rings. The van der Waals surface area contributed by atoms with Crippen LogP contribution in [0.25, 0.3) is 0 Å². The van der Waals surface area contributed by atoms with E-state index in [9.17, 15) is 4.79 Å². The van der Waals surface area contributed by atoms with Gasteiger partial charge in [-0.15, -0.1) is 0 Å². The van der Waals surface area contributed by atoms with Gasteiger partial charge in [-0.1, -0.05) is 36.4 Å². The van der Waals surface area contributed by atoms with Gasteiger partial charge in [0.05, 0.1) is 26.9 Å². The summed E-state index contributed by atoms with van der Waals surface area (Å²) in [5, 5.41) is 0. The maximum Gasteiger partial charge on any atom is 0.224 e. The molecule has 7 heteroatoms. The van der Waals surface area contributed by atoms with Crippen molar-refractivity contribution in [1.29, 1.82) is 0 Å². The molecule has 1 aromatic heterocycles. The van der Waals surface area contributed by atoms with E-state index in [-0.39, 0.29) is 5.91 Å². The number of nitrogens with zero attached hydrogens (tertiary/aromatic N) is 2. The van der Waals surface area contributed by atoms with Crippen molar-refractivity contribution in [3.8, 4) is 23.1 Å². The van der Waals surface area contributed by atoms with Crippen LogP contribution in [0.5, 0.6) is 23.1 Å². The zero-order valence-electron chi connectivity index (χ0n) is 18.7. The summed E-state index contributed by atoms with van der Waals surface area (Å²) < 4.78 is 23.1. The first-order valence-electron chi connectivity index (χ1n) is 11.1. The van der Waals surface area contributed by atoms with Gasteiger partial charge < -0.3 is 23.8 Å². The average Bonchev–Trinajstić information content (AvgIpc) is 2.87. The van der Waals surface area contributed by atoms with Crippen LogP contribution in [0.4, 0.5) is 0 Å². The van der Waals surface area contributed by atoms with Gasteiger partial charge in [0.2, 0.25) is 11.8 Å². The van der Waals surface area contributed by atoms with Gasteiger partial charge in [-0.3, -0.25) is 4.79 Å². The van der Waals surface area contributed by atoms with E-state index < -0.39 is 0 Å². The number of methoxy groups -OCH3 is 1. The Balaban J connectivity index is 1.54. The van der Waals surface area contributed by atoms with E-state index in [1.54, 1.807) is 18.2 Å². The smallest absolute Gasteiger partial charge is 0.224 e. The van der Waals surface area contributed by atoms with E-state index in [2.05, 4.69) is 4.98 Å². The lowest BCUT2D eigenvalue weighted by atomic mass is 10.1. The summed E-state index contributed by atoms with van der Waals surface area (Å²) in [5.41, 5.74) is 1.83. The molecule has 0 saturated carbocycles. The molecule has 0 fully saturated rings. The van der Waals surface area contributed by atoms with Crippen LogP contribution >= 0.6 is 0 Å². The third kappa shape index (κ3) is 6.02. The first-order valence-corrected chi connectivity index (χ1v) is 11.1. The quantitative estimate of drug-likeness (QED) is 0.594. The third-order valence-corrected chi connectivity index (χ3v) is 5.41. The first kappa shape index (κ1) is 22.6. The molecule has 1 aliphatic rings. The van der Waals surface area contributed by atoms with Crippen LogP contribution in [0.3, 0.4) is 0 Å². The van der Waals surface area contributed by atoms with E-state index in [0.717, 1.165) is 16.9 Å². The maximum absolute atomic E-state index is 13.2. The van der Waals surface area contributed by atoms with Crippen molar-refractivity contribution in [2.75, 3.05) is 33.5 Å². The van der Waals surface area contributed by atoms with Crippen molar-refractivity contribution in [1.82, 2.24) is 9.88 Å². The van der Waals surface area contributed by atoms with Gasteiger partial charge in [0, 0.05) is 24.7 Å². The minimum absolute atomic E-state index is 0.0332. The standard InChI is InChI=1S/C26H28N2O5/c1-30-22-9-3-2-7-20(22)12-13-25(29)28-15-16-31-17-18-32-23-10-4-5-11-24(23)33-26-21(19-28)8-6-14-27-26/h2-11,14H,12-13,15-19H2,1H3. The third-order valence-electron chi connectivity index (χ3n) is 5.41. The van der Waals surface area contributed by atoms with Gasteiger partial charge in [-0.05, 0) is 36.2 Å². The predicted molar refractivity (Wildman–Crippen MR) is 124 cm³/mol. The first-order chi connectivity index (χ1) is 16.2. The predicted octanol–water partition coefficient (Wildman–Crippen LogP) is 4.25. The van der Waals surface area contributed by atoms with Gasteiger partial charge in [-0.25, -0.2) is 4.98 Å². The minimum Gasteiger partial charge on any atom is -0.496 e. The van der Waals surface area contributed by atoms with Gasteiger partial charge in [0.15, 0.2) is 11.5 Å². The molecule has 0 aliphatic carbocycles. The number of amides is 1. The molecule has 4 rings (SSSR count). The van der Waals surface area contributed by atoms with Crippen LogP contribution < -0.4 is 14.2 Å². The number of aryl methyl sites for hydroxylation is 1. The molecule has 0 saturated heterocycles. The fourth-order valence-corrected chi connectivity index (χ4v) is 3.69. The van der Waals surface area contributed by atoms with Crippen molar-refractivity contribution in [2.45, 2.75) is 19.4 Å². The van der Waals surface area contributed by atoms with E-state index in [0.29, 0.717) is 63.1 Å². The molecule has 2 aromatic carbocycles. The highest BCUT2D eigenvalue weighted by Gasteiger charge is 2.19. The largest absolute Gasteiger partial charge is 0.496 e. The van der Waals surface area contributed by atoms with Crippen molar-refractivity contribution in [3.05, 3.63) is 78.0 Å². The zero-order chi connectivity index (χ0) is 22.9. The van der Waals surface area contributed by atoms with Crippen LogP contribution in [0.1, 0.15) is 17.5 Å². The molecule has 0 unspecified atom stereocenters. The molecule has 0 spiro atoms. The normalized spacial score (nSPS) is 14.3. The summed E-state index contributed by atoms with van der Waals surface area (Å²) in [6, 6.07) is 19.0. The molecular weight excluding hydrogens is 420 g/mol. The molecule has 172 valence electrons. The van der Waals surface area contributed by atoms with Crippen molar-refractivity contribution < 1.29 is 23.7 Å². The molecule has 0 radical (unpaired) electrons. The monoisotopic (exact) mass is 448 g/mol. The topological polar surface area (TPSA) is 70.1 Å². The lowest BCUT2D eigenvalue weighted by Gasteiger charge is -2.24. The Morgan fingerprint density at radius 3 is 2.70 bits per heavy atom. The summed E-state index contributed by atoms with van der Waals surface area (Å²) in [5.74, 6) is 2.48. The molecule has 7 nitrogen and oxygen atoms in total. The second-order valence-corrected chi connectivity index (χ2v) is 7.60. The zero-order valence-corrected chi connectivity index (χ0v) is 18.7. The lowest BCUT2D eigenvalue weighted by molar-refractivity contribution is -0.132. The number of hydrogen-bond acceptors (Lipinski definition) is 6. The van der Waals surface area contributed by atoms with Crippen LogP contribution in [0, 0.1) is 0 Å². The Bertz CT molecular complexity index is 1070. The molecule has 0 atom stereocenters. The number of carbonyl (C=O) groups excluding carboxylic acids is 1. The second kappa shape index (κ2) is 11.3. The summed E-state index contributed by atoms with van der Waals surface area (Å²) >= 11 is 0. The Morgan fingerprint density at radius 1 is 1.00 bits per heavy atom. The highest BCUT2D eigenvalue weighted by atomic mass is 16.5. The number of aromatic nitrogens is 1. The van der Waals surface area contributed by atoms with Gasteiger partial charge >= 0.3 is 0 Å². The summed E-state index contributed by atoms with van der Waals surface area (Å²) in [6.07, 6.45) is 2.64. The Hall–Kier alpha value is -3.58. The summed E-state index contributed by atoms with van der Waals surface area (Å²) in [6.45, 7) is 2.06. The fourth-order valence-electron chi connectivity index (χ4n) is 3.69. The highest BCUT2D eigenvalue weighted by molar-refractivity contribution is 5.76. The Labute approximate surface area is 193 Å². The Morgan fingerprint density at radius 2 is 1.82 bits per heavy atom. The number of ether oxygens (including phenoxy) is 4.